The van der Waals surface area contributed by atoms with Gasteiger partial charge in [0, 0.05) is 17.9 Å². The SMILES string of the molecule is Cc1cncn1C1CC(c2ccc(B3CC(C)(C)C(C)(C)O3)cc2)C1. The second-order valence-corrected chi connectivity index (χ2v) is 9.14. The van der Waals surface area contributed by atoms with Crippen molar-refractivity contribution >= 4 is 12.4 Å². The van der Waals surface area contributed by atoms with Crippen molar-refractivity contribution in [2.75, 3.05) is 0 Å². The first-order valence-electron chi connectivity index (χ1n) is 9.53. The number of aryl methyl sites for hydroxylation is 1. The van der Waals surface area contributed by atoms with Gasteiger partial charge in [-0.25, -0.2) is 4.98 Å². The number of nitrogens with zero attached hydrogens (tertiary/aromatic N) is 2. The topological polar surface area (TPSA) is 27.1 Å². The van der Waals surface area contributed by atoms with Crippen LogP contribution in [0.1, 0.15) is 63.8 Å². The van der Waals surface area contributed by atoms with E-state index in [1.807, 2.05) is 12.5 Å². The Hall–Kier alpha value is -1.55. The number of imidazole rings is 1. The maximum Gasteiger partial charge on any atom is 0.327 e. The predicted octanol–water partition coefficient (Wildman–Crippen LogP) is 4.34. The van der Waals surface area contributed by atoms with Gasteiger partial charge in [-0.2, -0.15) is 0 Å². The van der Waals surface area contributed by atoms with E-state index in [0.29, 0.717) is 12.0 Å². The molecule has 0 unspecified atom stereocenters. The number of benzene rings is 1. The Bertz CT molecular complexity index is 740. The van der Waals surface area contributed by atoms with Gasteiger partial charge in [0.15, 0.2) is 0 Å². The Kier molecular flexibility index (Phi) is 3.88. The molecule has 1 saturated heterocycles. The largest absolute Gasteiger partial charge is 0.426 e. The summed E-state index contributed by atoms with van der Waals surface area (Å²) in [5.41, 5.74) is 4.20. The van der Waals surface area contributed by atoms with Gasteiger partial charge in [-0.05, 0) is 62.3 Å². The molecule has 0 radical (unpaired) electrons. The lowest BCUT2D eigenvalue weighted by molar-refractivity contribution is 0.0375. The third-order valence-corrected chi connectivity index (χ3v) is 6.91. The molecule has 0 amide bonds. The molecule has 1 aliphatic carbocycles. The molecule has 1 saturated carbocycles. The van der Waals surface area contributed by atoms with Crippen LogP contribution in [-0.2, 0) is 4.65 Å². The molecule has 2 aromatic rings. The Balaban J connectivity index is 1.41. The van der Waals surface area contributed by atoms with Crippen molar-refractivity contribution in [3.63, 3.8) is 0 Å². The van der Waals surface area contributed by atoms with E-state index in [-0.39, 0.29) is 17.9 Å². The van der Waals surface area contributed by atoms with Gasteiger partial charge < -0.3 is 9.22 Å². The lowest BCUT2D eigenvalue weighted by Gasteiger charge is -2.37. The molecule has 2 fully saturated rings. The predicted molar refractivity (Wildman–Crippen MR) is 104 cm³/mol. The lowest BCUT2D eigenvalue weighted by Crippen LogP contribution is -2.36. The van der Waals surface area contributed by atoms with Crippen molar-refractivity contribution in [2.45, 2.75) is 71.3 Å². The van der Waals surface area contributed by atoms with Crippen LogP contribution in [0.15, 0.2) is 36.8 Å². The zero-order chi connectivity index (χ0) is 17.8. The minimum atomic E-state index is -0.0693. The quantitative estimate of drug-likeness (QED) is 0.780. The van der Waals surface area contributed by atoms with Gasteiger partial charge in [0.25, 0.3) is 0 Å². The summed E-state index contributed by atoms with van der Waals surface area (Å²) in [6.45, 7) is 11.4. The summed E-state index contributed by atoms with van der Waals surface area (Å²) in [6.07, 6.45) is 7.45. The number of hydrogen-bond donors (Lipinski definition) is 0. The van der Waals surface area contributed by atoms with Gasteiger partial charge in [0.05, 0.1) is 11.9 Å². The molecule has 2 aliphatic rings. The summed E-state index contributed by atoms with van der Waals surface area (Å²) in [5, 5.41) is 0. The molecule has 25 heavy (non-hydrogen) atoms. The zero-order valence-electron chi connectivity index (χ0n) is 16.1. The summed E-state index contributed by atoms with van der Waals surface area (Å²) >= 11 is 0. The third kappa shape index (κ3) is 2.85. The highest BCUT2D eigenvalue weighted by Crippen LogP contribution is 2.46. The summed E-state index contributed by atoms with van der Waals surface area (Å²) in [6, 6.07) is 9.82. The maximum absolute atomic E-state index is 6.36. The van der Waals surface area contributed by atoms with Crippen LogP contribution in [0.2, 0.25) is 6.32 Å². The van der Waals surface area contributed by atoms with Crippen LogP contribution in [0.25, 0.3) is 0 Å². The van der Waals surface area contributed by atoms with Crippen molar-refractivity contribution in [3.05, 3.63) is 48.0 Å². The molecule has 1 aromatic carbocycles. The van der Waals surface area contributed by atoms with E-state index in [4.69, 9.17) is 4.65 Å². The average Bonchev–Trinajstić information content (AvgIpc) is 3.00. The van der Waals surface area contributed by atoms with Crippen LogP contribution in [0.4, 0.5) is 0 Å². The van der Waals surface area contributed by atoms with Crippen LogP contribution < -0.4 is 5.46 Å². The highest BCUT2D eigenvalue weighted by molar-refractivity contribution is 6.68. The van der Waals surface area contributed by atoms with E-state index in [9.17, 15) is 0 Å². The summed E-state index contributed by atoms with van der Waals surface area (Å²) in [4.78, 5) is 4.25. The first kappa shape index (κ1) is 16.9. The molecule has 3 nitrogen and oxygen atoms in total. The molecule has 1 aliphatic heterocycles. The normalized spacial score (nSPS) is 27.3. The Morgan fingerprint density at radius 1 is 1.12 bits per heavy atom. The Morgan fingerprint density at radius 2 is 1.80 bits per heavy atom. The van der Waals surface area contributed by atoms with Crippen molar-refractivity contribution in [3.8, 4) is 0 Å². The van der Waals surface area contributed by atoms with Gasteiger partial charge in [0.1, 0.15) is 0 Å². The van der Waals surface area contributed by atoms with Crippen LogP contribution >= 0.6 is 0 Å². The van der Waals surface area contributed by atoms with Crippen molar-refractivity contribution in [1.82, 2.24) is 9.55 Å². The monoisotopic (exact) mass is 336 g/mol. The molecule has 0 bridgehead atoms. The van der Waals surface area contributed by atoms with Gasteiger partial charge in [-0.15, -0.1) is 0 Å². The van der Waals surface area contributed by atoms with Gasteiger partial charge in [0.2, 0.25) is 0 Å². The molecule has 0 atom stereocenters. The summed E-state index contributed by atoms with van der Waals surface area (Å²) in [7, 11) is 0. The fraction of sp³-hybridized carbons (Fsp3) is 0.571. The molecule has 132 valence electrons. The molecule has 4 rings (SSSR count). The van der Waals surface area contributed by atoms with E-state index >= 15 is 0 Å². The van der Waals surface area contributed by atoms with Crippen molar-refractivity contribution < 1.29 is 4.65 Å². The minimum absolute atomic E-state index is 0.0693. The van der Waals surface area contributed by atoms with Crippen LogP contribution in [-0.4, -0.2) is 22.1 Å². The second kappa shape index (κ2) is 5.73. The third-order valence-electron chi connectivity index (χ3n) is 6.91. The van der Waals surface area contributed by atoms with Crippen LogP contribution in [0.5, 0.6) is 0 Å². The van der Waals surface area contributed by atoms with E-state index < -0.39 is 0 Å². The second-order valence-electron chi connectivity index (χ2n) is 9.14. The van der Waals surface area contributed by atoms with Gasteiger partial charge >= 0.3 is 6.92 Å². The zero-order valence-corrected chi connectivity index (χ0v) is 16.1. The summed E-state index contributed by atoms with van der Waals surface area (Å²) in [5.74, 6) is 0.679. The van der Waals surface area contributed by atoms with Crippen molar-refractivity contribution in [1.29, 1.82) is 0 Å². The van der Waals surface area contributed by atoms with Crippen molar-refractivity contribution in [2.24, 2.45) is 5.41 Å². The van der Waals surface area contributed by atoms with E-state index in [1.165, 1.54) is 29.6 Å². The fourth-order valence-corrected chi connectivity index (χ4v) is 4.27. The molecular weight excluding hydrogens is 307 g/mol. The molecule has 4 heteroatoms. The van der Waals surface area contributed by atoms with Gasteiger partial charge in [-0.3, -0.25) is 0 Å². The number of aromatic nitrogens is 2. The maximum atomic E-state index is 6.36. The van der Waals surface area contributed by atoms with Crippen LogP contribution in [0.3, 0.4) is 0 Å². The first-order valence-corrected chi connectivity index (χ1v) is 9.53. The number of hydrogen-bond acceptors (Lipinski definition) is 2. The summed E-state index contributed by atoms with van der Waals surface area (Å²) < 4.78 is 8.68. The van der Waals surface area contributed by atoms with E-state index in [1.54, 1.807) is 0 Å². The van der Waals surface area contributed by atoms with Crippen LogP contribution in [0, 0.1) is 12.3 Å². The Morgan fingerprint density at radius 3 is 2.32 bits per heavy atom. The standard InChI is InChI=1S/C21H29BN2O/c1-15-12-23-14-24(15)19-10-17(11-19)16-6-8-18(9-7-16)22-13-20(2,3)21(4,5)25-22/h6-9,12,14,17,19H,10-11,13H2,1-5H3. The number of rotatable bonds is 3. The molecular formula is C21H29BN2O. The fourth-order valence-electron chi connectivity index (χ4n) is 4.27. The minimum Gasteiger partial charge on any atom is -0.426 e. The average molecular weight is 336 g/mol. The smallest absolute Gasteiger partial charge is 0.327 e. The van der Waals surface area contributed by atoms with E-state index in [2.05, 4.69) is 68.4 Å². The highest BCUT2D eigenvalue weighted by Gasteiger charge is 2.49. The van der Waals surface area contributed by atoms with E-state index in [0.717, 1.165) is 6.32 Å². The molecule has 1 aromatic heterocycles. The Labute approximate surface area is 151 Å². The first-order chi connectivity index (χ1) is 11.8. The molecule has 0 N–H and O–H groups in total. The molecule has 2 heterocycles. The molecule has 0 spiro atoms. The highest BCUT2D eigenvalue weighted by atomic mass is 16.5. The van der Waals surface area contributed by atoms with Gasteiger partial charge in [-0.1, -0.05) is 38.1 Å². The lowest BCUT2D eigenvalue weighted by atomic mass is 9.54.